The summed E-state index contributed by atoms with van der Waals surface area (Å²) in [6.07, 6.45) is 4.44. The maximum atomic E-state index is 12.3. The second-order valence-electron chi connectivity index (χ2n) is 6.60. The van der Waals surface area contributed by atoms with E-state index in [0.29, 0.717) is 6.54 Å². The number of nitrogens with one attached hydrogen (secondary N) is 1. The summed E-state index contributed by atoms with van der Waals surface area (Å²) >= 11 is 0. The average molecular weight is 294 g/mol. The first-order valence-electron chi connectivity index (χ1n) is 7.25. The third-order valence-electron chi connectivity index (χ3n) is 5.34. The molecule has 1 N–H and O–H groups in total. The molecule has 1 aliphatic carbocycles. The van der Waals surface area contributed by atoms with E-state index in [0.717, 1.165) is 12.2 Å². The second kappa shape index (κ2) is 5.33. The number of rotatable bonds is 4. The van der Waals surface area contributed by atoms with Crippen LogP contribution in [0.3, 0.4) is 0 Å². The zero-order chi connectivity index (χ0) is 15.8. The first-order chi connectivity index (χ1) is 9.73. The van der Waals surface area contributed by atoms with E-state index >= 15 is 0 Å². The molecule has 0 radical (unpaired) electrons. The number of amides is 2. The molecule has 0 spiro atoms. The van der Waals surface area contributed by atoms with Crippen LogP contribution in [0.5, 0.6) is 0 Å². The van der Waals surface area contributed by atoms with Crippen molar-refractivity contribution >= 4 is 6.03 Å². The number of carbonyl (C=O) groups is 1. The van der Waals surface area contributed by atoms with Gasteiger partial charge >= 0.3 is 6.03 Å². The van der Waals surface area contributed by atoms with Crippen LogP contribution in [0.4, 0.5) is 4.79 Å². The number of aromatic nitrogens is 2. The van der Waals surface area contributed by atoms with Gasteiger partial charge in [0.05, 0.1) is 12.1 Å². The monoisotopic (exact) mass is 294 g/mol. The van der Waals surface area contributed by atoms with Gasteiger partial charge in [-0.25, -0.2) is 9.78 Å². The Morgan fingerprint density at radius 3 is 2.71 bits per heavy atom. The maximum Gasteiger partial charge on any atom is 0.317 e. The van der Waals surface area contributed by atoms with Crippen LogP contribution in [0.25, 0.3) is 0 Å². The van der Waals surface area contributed by atoms with Gasteiger partial charge in [-0.05, 0) is 13.3 Å². The van der Waals surface area contributed by atoms with Crippen LogP contribution >= 0.6 is 0 Å². The van der Waals surface area contributed by atoms with Crippen LogP contribution < -0.4 is 5.32 Å². The topological polar surface area (TPSA) is 59.4 Å². The first kappa shape index (κ1) is 15.8. The van der Waals surface area contributed by atoms with Crippen molar-refractivity contribution in [1.29, 1.82) is 0 Å². The lowest BCUT2D eigenvalue weighted by Gasteiger charge is -2.61. The molecule has 6 nitrogen and oxygen atoms in total. The normalized spacial score (nSPS) is 27.0. The zero-order valence-electron chi connectivity index (χ0n) is 13.8. The van der Waals surface area contributed by atoms with Crippen molar-refractivity contribution < 1.29 is 9.53 Å². The minimum Gasteiger partial charge on any atom is -0.378 e. The van der Waals surface area contributed by atoms with E-state index in [1.54, 1.807) is 18.2 Å². The fourth-order valence-electron chi connectivity index (χ4n) is 3.06. The van der Waals surface area contributed by atoms with Crippen molar-refractivity contribution in [3.05, 3.63) is 18.2 Å². The molecule has 1 saturated carbocycles. The van der Waals surface area contributed by atoms with Gasteiger partial charge in [0.2, 0.25) is 0 Å². The number of carbonyl (C=O) groups excluding carboxylic acids is 1. The molecular formula is C15H26N4O2. The molecule has 0 aromatic carbocycles. The van der Waals surface area contributed by atoms with Crippen molar-refractivity contribution in [2.45, 2.75) is 45.4 Å². The maximum absolute atomic E-state index is 12.3. The van der Waals surface area contributed by atoms with Crippen LogP contribution in [0, 0.1) is 5.41 Å². The molecule has 1 fully saturated rings. The van der Waals surface area contributed by atoms with Crippen molar-refractivity contribution in [2.24, 2.45) is 12.5 Å². The molecule has 0 unspecified atom stereocenters. The molecule has 1 aliphatic rings. The summed E-state index contributed by atoms with van der Waals surface area (Å²) in [5.74, 6) is 0.839. The van der Waals surface area contributed by atoms with E-state index < -0.39 is 0 Å². The SMILES string of the molecule is CO[C@@]1(C)C[C@H](N(C)C(=O)NCc2nccn2C)C1(C)C. The molecule has 0 bridgehead atoms. The van der Waals surface area contributed by atoms with Crippen molar-refractivity contribution in [3.63, 3.8) is 0 Å². The lowest BCUT2D eigenvalue weighted by molar-refractivity contribution is -0.198. The lowest BCUT2D eigenvalue weighted by Crippen LogP contribution is -2.69. The summed E-state index contributed by atoms with van der Waals surface area (Å²) < 4.78 is 7.51. The van der Waals surface area contributed by atoms with Crippen LogP contribution in [0.15, 0.2) is 12.4 Å². The average Bonchev–Trinajstić information content (AvgIpc) is 2.86. The molecule has 2 rings (SSSR count). The van der Waals surface area contributed by atoms with Gasteiger partial charge in [0.25, 0.3) is 0 Å². The standard InChI is InChI=1S/C15H26N4O2/c1-14(2)11(9-15(14,3)21-6)19(5)13(20)17-10-12-16-7-8-18(12)4/h7-8,11H,9-10H2,1-6H3,(H,17,20)/t11-,15-/m0/s1. The van der Waals surface area contributed by atoms with E-state index in [9.17, 15) is 4.79 Å². The Balaban J connectivity index is 1.94. The van der Waals surface area contributed by atoms with Gasteiger partial charge in [0.1, 0.15) is 5.82 Å². The van der Waals surface area contributed by atoms with Gasteiger partial charge in [-0.3, -0.25) is 0 Å². The van der Waals surface area contributed by atoms with Crippen molar-refractivity contribution in [3.8, 4) is 0 Å². The van der Waals surface area contributed by atoms with Gasteiger partial charge in [-0.15, -0.1) is 0 Å². The molecule has 1 aromatic heterocycles. The predicted molar refractivity (Wildman–Crippen MR) is 80.8 cm³/mol. The highest BCUT2D eigenvalue weighted by Gasteiger charge is 2.59. The molecule has 6 heteroatoms. The quantitative estimate of drug-likeness (QED) is 0.920. The number of ether oxygens (including phenoxy) is 1. The Morgan fingerprint density at radius 1 is 1.57 bits per heavy atom. The molecule has 0 saturated heterocycles. The van der Waals surface area contributed by atoms with Gasteiger partial charge in [0, 0.05) is 45.1 Å². The highest BCUT2D eigenvalue weighted by atomic mass is 16.5. The number of methoxy groups -OCH3 is 1. The number of imidazole rings is 1. The third kappa shape index (κ3) is 2.52. The smallest absolute Gasteiger partial charge is 0.317 e. The lowest BCUT2D eigenvalue weighted by atomic mass is 9.55. The van der Waals surface area contributed by atoms with Crippen LogP contribution in [-0.4, -0.2) is 46.3 Å². The van der Waals surface area contributed by atoms with Crippen molar-refractivity contribution in [2.75, 3.05) is 14.2 Å². The van der Waals surface area contributed by atoms with E-state index in [1.165, 1.54) is 0 Å². The first-order valence-corrected chi connectivity index (χ1v) is 7.25. The molecule has 2 amide bonds. The Labute approximate surface area is 126 Å². The summed E-state index contributed by atoms with van der Waals surface area (Å²) in [6, 6.07) is 0.0954. The summed E-state index contributed by atoms with van der Waals surface area (Å²) in [7, 11) is 5.49. The summed E-state index contributed by atoms with van der Waals surface area (Å²) in [5.41, 5.74) is -0.247. The van der Waals surface area contributed by atoms with Gasteiger partial charge in [-0.1, -0.05) is 13.8 Å². The molecule has 1 aromatic rings. The predicted octanol–water partition coefficient (Wildman–Crippen LogP) is 1.77. The second-order valence-corrected chi connectivity index (χ2v) is 6.60. The van der Waals surface area contributed by atoms with E-state index in [1.807, 2.05) is 24.9 Å². The fourth-order valence-corrected chi connectivity index (χ4v) is 3.06. The highest BCUT2D eigenvalue weighted by molar-refractivity contribution is 5.74. The summed E-state index contributed by atoms with van der Waals surface area (Å²) in [5, 5.41) is 2.92. The van der Waals surface area contributed by atoms with Crippen molar-refractivity contribution in [1.82, 2.24) is 19.8 Å². The highest BCUT2D eigenvalue weighted by Crippen LogP contribution is 2.53. The Morgan fingerprint density at radius 2 is 2.24 bits per heavy atom. The number of aryl methyl sites for hydroxylation is 1. The van der Waals surface area contributed by atoms with Crippen LogP contribution in [0.2, 0.25) is 0 Å². The summed E-state index contributed by atoms with van der Waals surface area (Å²) in [6.45, 7) is 6.82. The number of hydrogen-bond acceptors (Lipinski definition) is 3. The van der Waals surface area contributed by atoms with Crippen LogP contribution in [0.1, 0.15) is 33.0 Å². The van der Waals surface area contributed by atoms with Gasteiger partial charge in [0.15, 0.2) is 0 Å². The molecular weight excluding hydrogens is 268 g/mol. The molecule has 0 aliphatic heterocycles. The molecule has 118 valence electrons. The minimum atomic E-state index is -0.175. The number of hydrogen-bond donors (Lipinski definition) is 1. The third-order valence-corrected chi connectivity index (χ3v) is 5.34. The summed E-state index contributed by atoms with van der Waals surface area (Å²) in [4.78, 5) is 18.3. The Hall–Kier alpha value is -1.56. The Bertz CT molecular complexity index is 525. The largest absolute Gasteiger partial charge is 0.378 e. The Kier molecular flexibility index (Phi) is 4.02. The zero-order valence-corrected chi connectivity index (χ0v) is 13.8. The minimum absolute atomic E-state index is 0.0724. The van der Waals surface area contributed by atoms with Gasteiger partial charge in [-0.2, -0.15) is 0 Å². The van der Waals surface area contributed by atoms with Gasteiger partial charge < -0.3 is 19.5 Å². The van der Waals surface area contributed by atoms with E-state index in [2.05, 4.69) is 31.1 Å². The fraction of sp³-hybridized carbons (Fsp3) is 0.733. The van der Waals surface area contributed by atoms with Crippen LogP contribution in [-0.2, 0) is 18.3 Å². The van der Waals surface area contributed by atoms with E-state index in [-0.39, 0.29) is 23.1 Å². The number of nitrogens with zero attached hydrogens (tertiary/aromatic N) is 3. The van der Waals surface area contributed by atoms with E-state index in [4.69, 9.17) is 4.74 Å². The molecule has 1 heterocycles. The molecule has 2 atom stereocenters. The number of urea groups is 1. The molecule has 21 heavy (non-hydrogen) atoms.